The van der Waals surface area contributed by atoms with Gasteiger partial charge in [0, 0.05) is 28.6 Å². The number of hydrogen-bond donors (Lipinski definition) is 0. The lowest BCUT2D eigenvalue weighted by Crippen LogP contribution is -2.21. The summed E-state index contributed by atoms with van der Waals surface area (Å²) < 4.78 is 41.8. The van der Waals surface area contributed by atoms with Crippen molar-refractivity contribution in [1.82, 2.24) is 4.57 Å². The monoisotopic (exact) mass is 462 g/mol. The summed E-state index contributed by atoms with van der Waals surface area (Å²) in [6, 6.07) is 23.4. The van der Waals surface area contributed by atoms with Crippen LogP contribution in [0.5, 0.6) is 0 Å². The van der Waals surface area contributed by atoms with Crippen LogP contribution in [0.15, 0.2) is 72.8 Å². The van der Waals surface area contributed by atoms with Crippen molar-refractivity contribution in [2.24, 2.45) is 0 Å². The number of nitrogens with zero attached hydrogens (tertiary/aromatic N) is 2. The molecule has 4 aromatic rings. The highest BCUT2D eigenvalue weighted by Crippen LogP contribution is 2.50. The van der Waals surface area contributed by atoms with Gasteiger partial charge in [-0.15, -0.1) is 0 Å². The van der Waals surface area contributed by atoms with Crippen molar-refractivity contribution in [2.75, 3.05) is 13.2 Å². The molecule has 0 saturated heterocycles. The Bertz CT molecular complexity index is 1350. The molecule has 0 amide bonds. The molecule has 0 fully saturated rings. The summed E-state index contributed by atoms with van der Waals surface area (Å²) in [5.41, 5.74) is 3.36. The van der Waals surface area contributed by atoms with Gasteiger partial charge in [-0.1, -0.05) is 30.3 Å². The molecule has 1 aromatic heterocycles. The SMILES string of the molecule is CCOP(=O)(OCC)c1c2cc(F)ccc2c(Cc2ccccc2)n1-c1ccc(C#N)cc1. The van der Waals surface area contributed by atoms with Crippen LogP contribution in [0.1, 0.15) is 30.7 Å². The van der Waals surface area contributed by atoms with Crippen molar-refractivity contribution in [3.05, 3.63) is 95.4 Å². The molecule has 0 aliphatic carbocycles. The van der Waals surface area contributed by atoms with Gasteiger partial charge in [-0.25, -0.2) is 4.39 Å². The van der Waals surface area contributed by atoms with Crippen LogP contribution in [-0.4, -0.2) is 17.8 Å². The normalized spacial score (nSPS) is 11.6. The summed E-state index contributed by atoms with van der Waals surface area (Å²) in [5.74, 6) is -0.438. The number of halogens is 1. The highest BCUT2D eigenvalue weighted by molar-refractivity contribution is 7.62. The summed E-state index contributed by atoms with van der Waals surface area (Å²) in [4.78, 5) is 0. The molecule has 3 aromatic carbocycles. The Morgan fingerprint density at radius 3 is 2.21 bits per heavy atom. The van der Waals surface area contributed by atoms with Crippen LogP contribution in [0.3, 0.4) is 0 Å². The summed E-state index contributed by atoms with van der Waals surface area (Å²) in [5, 5.41) is 10.5. The average molecular weight is 462 g/mol. The molecule has 0 saturated carbocycles. The molecule has 168 valence electrons. The molecule has 4 rings (SSSR count). The summed E-state index contributed by atoms with van der Waals surface area (Å²) in [6.07, 6.45) is 0.515. The molecular formula is C26H24FN2O3P. The van der Waals surface area contributed by atoms with E-state index in [-0.39, 0.29) is 18.6 Å². The van der Waals surface area contributed by atoms with Crippen LogP contribution < -0.4 is 5.44 Å². The molecule has 33 heavy (non-hydrogen) atoms. The van der Waals surface area contributed by atoms with Crippen molar-refractivity contribution in [2.45, 2.75) is 20.3 Å². The number of hydrogen-bond acceptors (Lipinski definition) is 4. The van der Waals surface area contributed by atoms with E-state index >= 15 is 0 Å². The third kappa shape index (κ3) is 4.49. The summed E-state index contributed by atoms with van der Waals surface area (Å²) in [6.45, 7) is 3.82. The Morgan fingerprint density at radius 2 is 1.61 bits per heavy atom. The zero-order valence-electron chi connectivity index (χ0n) is 18.5. The van der Waals surface area contributed by atoms with Gasteiger partial charge in [-0.2, -0.15) is 5.26 Å². The zero-order valence-corrected chi connectivity index (χ0v) is 19.4. The first-order valence-corrected chi connectivity index (χ1v) is 12.3. The fourth-order valence-electron chi connectivity index (χ4n) is 4.02. The van der Waals surface area contributed by atoms with Crippen molar-refractivity contribution in [3.63, 3.8) is 0 Å². The molecule has 0 aliphatic heterocycles. The predicted molar refractivity (Wildman–Crippen MR) is 128 cm³/mol. The third-order valence-electron chi connectivity index (χ3n) is 5.34. The number of aromatic nitrogens is 1. The quantitative estimate of drug-likeness (QED) is 0.296. The first-order chi connectivity index (χ1) is 16.0. The second-order valence-corrected chi connectivity index (χ2v) is 9.38. The highest BCUT2D eigenvalue weighted by Gasteiger charge is 2.36. The van der Waals surface area contributed by atoms with Crippen LogP contribution in [-0.2, 0) is 20.0 Å². The van der Waals surface area contributed by atoms with Gasteiger partial charge in [-0.3, -0.25) is 4.57 Å². The summed E-state index contributed by atoms with van der Waals surface area (Å²) in [7, 11) is -3.81. The second kappa shape index (κ2) is 9.72. The molecule has 0 bridgehead atoms. The molecular weight excluding hydrogens is 438 g/mol. The molecule has 0 N–H and O–H groups in total. The average Bonchev–Trinajstić information content (AvgIpc) is 3.14. The molecule has 5 nitrogen and oxygen atoms in total. The van der Waals surface area contributed by atoms with E-state index in [1.807, 2.05) is 34.9 Å². The van der Waals surface area contributed by atoms with E-state index in [0.29, 0.717) is 23.1 Å². The van der Waals surface area contributed by atoms with Crippen LogP contribution in [0.4, 0.5) is 4.39 Å². The molecule has 7 heteroatoms. The topological polar surface area (TPSA) is 64.2 Å². The van der Waals surface area contributed by atoms with Crippen molar-refractivity contribution in [3.8, 4) is 11.8 Å². The van der Waals surface area contributed by atoms with Gasteiger partial charge >= 0.3 is 7.60 Å². The molecule has 0 radical (unpaired) electrons. The van der Waals surface area contributed by atoms with Crippen LogP contribution in [0.2, 0.25) is 0 Å². The predicted octanol–water partition coefficient (Wildman–Crippen LogP) is 6.12. The maximum atomic E-state index is 14.4. The van der Waals surface area contributed by atoms with Gasteiger partial charge in [0.2, 0.25) is 0 Å². The molecule has 0 aliphatic rings. The Balaban J connectivity index is 2.10. The minimum absolute atomic E-state index is 0.167. The van der Waals surface area contributed by atoms with Crippen molar-refractivity contribution >= 4 is 23.8 Å². The van der Waals surface area contributed by atoms with Gasteiger partial charge in [0.05, 0.1) is 24.8 Å². The van der Waals surface area contributed by atoms with E-state index in [9.17, 15) is 14.2 Å². The lowest BCUT2D eigenvalue weighted by atomic mass is 10.1. The molecule has 0 spiro atoms. The minimum atomic E-state index is -3.81. The largest absolute Gasteiger partial charge is 0.378 e. The summed E-state index contributed by atoms with van der Waals surface area (Å²) >= 11 is 0. The van der Waals surface area contributed by atoms with Crippen molar-refractivity contribution in [1.29, 1.82) is 5.26 Å². The minimum Gasteiger partial charge on any atom is -0.306 e. The number of nitriles is 1. The van der Waals surface area contributed by atoms with E-state index in [1.54, 1.807) is 44.2 Å². The number of fused-ring (bicyclic) bond motifs is 1. The van der Waals surface area contributed by atoms with E-state index in [1.165, 1.54) is 12.1 Å². The molecule has 0 atom stereocenters. The lowest BCUT2D eigenvalue weighted by Gasteiger charge is -2.21. The maximum Gasteiger partial charge on any atom is 0.378 e. The van der Waals surface area contributed by atoms with E-state index in [4.69, 9.17) is 9.05 Å². The van der Waals surface area contributed by atoms with Crippen LogP contribution in [0.25, 0.3) is 16.5 Å². The van der Waals surface area contributed by atoms with Crippen LogP contribution in [0, 0.1) is 17.1 Å². The van der Waals surface area contributed by atoms with Crippen LogP contribution >= 0.6 is 7.60 Å². The Labute approximate surface area is 192 Å². The van der Waals surface area contributed by atoms with Gasteiger partial charge in [0.1, 0.15) is 11.3 Å². The first-order valence-electron chi connectivity index (χ1n) is 10.8. The van der Waals surface area contributed by atoms with E-state index in [0.717, 1.165) is 16.6 Å². The zero-order chi connectivity index (χ0) is 23.4. The Kier molecular flexibility index (Phi) is 6.76. The second-order valence-electron chi connectivity index (χ2n) is 7.45. The van der Waals surface area contributed by atoms with Gasteiger partial charge in [0.15, 0.2) is 0 Å². The highest BCUT2D eigenvalue weighted by atomic mass is 31.2. The van der Waals surface area contributed by atoms with E-state index < -0.39 is 13.4 Å². The smallest absolute Gasteiger partial charge is 0.306 e. The standard InChI is InChI=1S/C26H24FN2O3P/c1-3-31-33(30,32-4-2)26-24-17-21(27)12-15-23(24)25(16-19-8-6-5-7-9-19)29(26)22-13-10-20(18-28)11-14-22/h5-15,17H,3-4,16H2,1-2H3. The number of rotatable bonds is 8. The third-order valence-corrected chi connectivity index (χ3v) is 7.50. The van der Waals surface area contributed by atoms with Gasteiger partial charge in [0.25, 0.3) is 0 Å². The Morgan fingerprint density at radius 1 is 0.939 bits per heavy atom. The fourth-order valence-corrected chi connectivity index (χ4v) is 5.98. The van der Waals surface area contributed by atoms with Gasteiger partial charge < -0.3 is 13.6 Å². The lowest BCUT2D eigenvalue weighted by molar-refractivity contribution is 0.229. The van der Waals surface area contributed by atoms with E-state index in [2.05, 4.69) is 6.07 Å². The van der Waals surface area contributed by atoms with Crippen molar-refractivity contribution < 1.29 is 18.0 Å². The molecule has 0 unspecified atom stereocenters. The van der Waals surface area contributed by atoms with Gasteiger partial charge in [-0.05, 0) is 61.9 Å². The fraction of sp³-hybridized carbons (Fsp3) is 0.192. The Hall–Kier alpha value is -3.23. The molecule has 1 heterocycles. The first kappa shape index (κ1) is 22.9. The maximum absolute atomic E-state index is 14.4. The number of benzene rings is 3.